The lowest BCUT2D eigenvalue weighted by Gasteiger charge is -2.18. The Kier molecular flexibility index (Phi) is 3.73. The van der Waals surface area contributed by atoms with Gasteiger partial charge in [-0.3, -0.25) is 4.79 Å². The number of carbonyl (C=O) groups excluding carboxylic acids is 1. The van der Waals surface area contributed by atoms with Crippen LogP contribution in [0.25, 0.3) is 5.69 Å². The van der Waals surface area contributed by atoms with Crippen LogP contribution in [0.4, 0.5) is 5.69 Å². The molecule has 0 bridgehead atoms. The van der Waals surface area contributed by atoms with Crippen LogP contribution in [0.2, 0.25) is 0 Å². The van der Waals surface area contributed by atoms with Crippen LogP contribution in [0.15, 0.2) is 48.7 Å². The lowest BCUT2D eigenvalue weighted by atomic mass is 10.0. The zero-order chi connectivity index (χ0) is 14.7. The van der Waals surface area contributed by atoms with Gasteiger partial charge in [-0.15, -0.1) is 0 Å². The van der Waals surface area contributed by atoms with Gasteiger partial charge in [-0.2, -0.15) is 5.10 Å². The van der Waals surface area contributed by atoms with Gasteiger partial charge in [0.15, 0.2) is 5.69 Å². The van der Waals surface area contributed by atoms with E-state index in [0.29, 0.717) is 11.4 Å². The van der Waals surface area contributed by atoms with Crippen LogP contribution in [0, 0.1) is 0 Å². The van der Waals surface area contributed by atoms with E-state index in [2.05, 4.69) is 22.6 Å². The summed E-state index contributed by atoms with van der Waals surface area (Å²) in [5.41, 5.74) is 7.68. The molecule has 5 heteroatoms. The Bertz CT molecular complexity index is 657. The smallest absolute Gasteiger partial charge is 0.272 e. The topological polar surface area (TPSA) is 72.9 Å². The van der Waals surface area contributed by atoms with Crippen molar-refractivity contribution in [2.75, 3.05) is 5.73 Å². The maximum Gasteiger partial charge on any atom is 0.272 e. The normalized spacial score (nSPS) is 17.6. The first kappa shape index (κ1) is 13.4. The Labute approximate surface area is 123 Å². The van der Waals surface area contributed by atoms with Crippen molar-refractivity contribution in [3.8, 4) is 5.69 Å². The molecule has 3 N–H and O–H groups in total. The van der Waals surface area contributed by atoms with E-state index >= 15 is 0 Å². The van der Waals surface area contributed by atoms with Crippen molar-refractivity contribution in [1.29, 1.82) is 0 Å². The third-order valence-electron chi connectivity index (χ3n) is 3.58. The molecule has 21 heavy (non-hydrogen) atoms. The van der Waals surface area contributed by atoms with E-state index in [1.165, 1.54) is 0 Å². The van der Waals surface area contributed by atoms with Gasteiger partial charge in [-0.1, -0.05) is 12.2 Å². The van der Waals surface area contributed by atoms with Crippen molar-refractivity contribution in [2.24, 2.45) is 0 Å². The second-order valence-electron chi connectivity index (χ2n) is 5.19. The molecule has 0 saturated carbocycles. The Balaban J connectivity index is 1.70. The molecule has 5 nitrogen and oxygen atoms in total. The number of rotatable bonds is 3. The van der Waals surface area contributed by atoms with Crippen LogP contribution in [0.3, 0.4) is 0 Å². The zero-order valence-corrected chi connectivity index (χ0v) is 11.7. The molecule has 1 atom stereocenters. The number of anilines is 1. The number of benzene rings is 1. The van der Waals surface area contributed by atoms with E-state index in [1.54, 1.807) is 16.9 Å². The van der Waals surface area contributed by atoms with Gasteiger partial charge >= 0.3 is 0 Å². The molecule has 0 aliphatic heterocycles. The molecular weight excluding hydrogens is 264 g/mol. The summed E-state index contributed by atoms with van der Waals surface area (Å²) >= 11 is 0. The van der Waals surface area contributed by atoms with Gasteiger partial charge < -0.3 is 11.1 Å². The number of nitrogens with zero attached hydrogens (tertiary/aromatic N) is 2. The van der Waals surface area contributed by atoms with Gasteiger partial charge in [0.05, 0.1) is 5.69 Å². The Morgan fingerprint density at radius 1 is 1.24 bits per heavy atom. The summed E-state index contributed by atoms with van der Waals surface area (Å²) in [4.78, 5) is 12.2. The molecule has 1 heterocycles. The Morgan fingerprint density at radius 2 is 2.05 bits per heavy atom. The number of hydrogen-bond donors (Lipinski definition) is 2. The van der Waals surface area contributed by atoms with Crippen LogP contribution < -0.4 is 11.1 Å². The quantitative estimate of drug-likeness (QED) is 0.670. The Hall–Kier alpha value is -2.56. The molecule has 1 amide bonds. The average Bonchev–Trinajstić information content (AvgIpc) is 2.99. The summed E-state index contributed by atoms with van der Waals surface area (Å²) in [6, 6.07) is 9.30. The van der Waals surface area contributed by atoms with Gasteiger partial charge in [0, 0.05) is 17.9 Å². The second-order valence-corrected chi connectivity index (χ2v) is 5.19. The van der Waals surface area contributed by atoms with Crippen LogP contribution in [0.5, 0.6) is 0 Å². The molecule has 1 aliphatic carbocycles. The molecule has 108 valence electrons. The standard InChI is InChI=1S/C16H18N4O/c17-12-6-8-14(9-7-12)20-11-10-15(19-20)16(21)18-13-4-2-1-3-5-13/h1-2,6-11,13H,3-5,17H2,(H,18,21). The highest BCUT2D eigenvalue weighted by Gasteiger charge is 2.16. The minimum absolute atomic E-state index is 0.121. The first-order valence-corrected chi connectivity index (χ1v) is 7.10. The monoisotopic (exact) mass is 282 g/mol. The minimum atomic E-state index is -0.121. The maximum absolute atomic E-state index is 12.2. The summed E-state index contributed by atoms with van der Waals surface area (Å²) in [5.74, 6) is -0.121. The van der Waals surface area contributed by atoms with Crippen molar-refractivity contribution < 1.29 is 4.79 Å². The number of nitrogens with two attached hydrogens (primary N) is 1. The van der Waals surface area contributed by atoms with E-state index in [9.17, 15) is 4.79 Å². The van der Waals surface area contributed by atoms with Crippen molar-refractivity contribution in [1.82, 2.24) is 15.1 Å². The van der Waals surface area contributed by atoms with Crippen molar-refractivity contribution in [3.63, 3.8) is 0 Å². The van der Waals surface area contributed by atoms with E-state index in [-0.39, 0.29) is 11.9 Å². The highest BCUT2D eigenvalue weighted by molar-refractivity contribution is 5.92. The molecule has 0 saturated heterocycles. The van der Waals surface area contributed by atoms with E-state index in [1.807, 2.05) is 24.3 Å². The minimum Gasteiger partial charge on any atom is -0.399 e. The van der Waals surface area contributed by atoms with Crippen molar-refractivity contribution in [2.45, 2.75) is 25.3 Å². The molecular formula is C16H18N4O. The highest BCUT2D eigenvalue weighted by Crippen LogP contribution is 2.13. The number of amides is 1. The predicted octanol–water partition coefficient (Wildman–Crippen LogP) is 2.29. The predicted molar refractivity (Wildman–Crippen MR) is 82.2 cm³/mol. The fourth-order valence-electron chi connectivity index (χ4n) is 2.40. The number of nitrogens with one attached hydrogen (secondary N) is 1. The van der Waals surface area contributed by atoms with Crippen LogP contribution in [-0.2, 0) is 0 Å². The third kappa shape index (κ3) is 3.13. The van der Waals surface area contributed by atoms with Crippen LogP contribution in [-0.4, -0.2) is 21.7 Å². The molecule has 1 unspecified atom stereocenters. The van der Waals surface area contributed by atoms with Gasteiger partial charge in [0.2, 0.25) is 0 Å². The SMILES string of the molecule is Nc1ccc(-n2ccc(C(=O)NC3CC=CCC3)n2)cc1. The first-order valence-electron chi connectivity index (χ1n) is 7.10. The summed E-state index contributed by atoms with van der Waals surface area (Å²) in [5, 5.41) is 7.34. The van der Waals surface area contributed by atoms with Gasteiger partial charge in [-0.25, -0.2) is 4.68 Å². The van der Waals surface area contributed by atoms with E-state index in [4.69, 9.17) is 5.73 Å². The first-order chi connectivity index (χ1) is 10.2. The summed E-state index contributed by atoms with van der Waals surface area (Å²) < 4.78 is 1.68. The van der Waals surface area contributed by atoms with Gasteiger partial charge in [0.25, 0.3) is 5.91 Å². The van der Waals surface area contributed by atoms with Crippen LogP contribution in [0.1, 0.15) is 29.8 Å². The zero-order valence-electron chi connectivity index (χ0n) is 11.7. The molecule has 1 aromatic carbocycles. The summed E-state index contributed by atoms with van der Waals surface area (Å²) in [7, 11) is 0. The van der Waals surface area contributed by atoms with Crippen LogP contribution >= 0.6 is 0 Å². The largest absolute Gasteiger partial charge is 0.399 e. The second kappa shape index (κ2) is 5.83. The van der Waals surface area contributed by atoms with E-state index in [0.717, 1.165) is 24.9 Å². The summed E-state index contributed by atoms with van der Waals surface area (Å²) in [6.45, 7) is 0. The van der Waals surface area contributed by atoms with Gasteiger partial charge in [-0.05, 0) is 49.6 Å². The third-order valence-corrected chi connectivity index (χ3v) is 3.58. The highest BCUT2D eigenvalue weighted by atomic mass is 16.2. The lowest BCUT2D eigenvalue weighted by Crippen LogP contribution is -2.35. The number of carbonyl (C=O) groups is 1. The Morgan fingerprint density at radius 3 is 2.76 bits per heavy atom. The molecule has 0 radical (unpaired) electrons. The number of allylic oxidation sites excluding steroid dienone is 1. The van der Waals surface area contributed by atoms with Gasteiger partial charge in [0.1, 0.15) is 0 Å². The fourth-order valence-corrected chi connectivity index (χ4v) is 2.40. The van der Waals surface area contributed by atoms with Crippen molar-refractivity contribution >= 4 is 11.6 Å². The van der Waals surface area contributed by atoms with Crippen molar-refractivity contribution in [3.05, 3.63) is 54.4 Å². The molecule has 3 rings (SSSR count). The average molecular weight is 282 g/mol. The molecule has 0 spiro atoms. The fraction of sp³-hybridized carbons (Fsp3) is 0.250. The molecule has 2 aromatic rings. The number of nitrogen functional groups attached to an aromatic ring is 1. The molecule has 1 aromatic heterocycles. The molecule has 1 aliphatic rings. The van der Waals surface area contributed by atoms with E-state index < -0.39 is 0 Å². The summed E-state index contributed by atoms with van der Waals surface area (Å²) in [6.07, 6.45) is 8.94. The number of aromatic nitrogens is 2. The number of hydrogen-bond acceptors (Lipinski definition) is 3. The molecule has 0 fully saturated rings. The lowest BCUT2D eigenvalue weighted by molar-refractivity contribution is 0.0929. The maximum atomic E-state index is 12.2.